The molecule has 0 saturated heterocycles. The van der Waals surface area contributed by atoms with Crippen molar-refractivity contribution in [2.45, 2.75) is 26.2 Å². The molecule has 1 N–H and O–H groups in total. The molecule has 0 aliphatic carbocycles. The van der Waals surface area contributed by atoms with Gasteiger partial charge in [0.1, 0.15) is 0 Å². The van der Waals surface area contributed by atoms with Gasteiger partial charge in [0, 0.05) is 18.2 Å². The Balaban J connectivity index is 2.42. The minimum absolute atomic E-state index is 0.736. The Labute approximate surface area is 73.8 Å². The molecule has 64 valence electrons. The van der Waals surface area contributed by atoms with Gasteiger partial charge in [-0.05, 0) is 25.0 Å². The third-order valence-electron chi connectivity index (χ3n) is 2.68. The van der Waals surface area contributed by atoms with Crippen molar-refractivity contribution in [3.63, 3.8) is 0 Å². The van der Waals surface area contributed by atoms with Crippen molar-refractivity contribution in [1.82, 2.24) is 0 Å². The van der Waals surface area contributed by atoms with Crippen LogP contribution in [0.1, 0.15) is 30.4 Å². The van der Waals surface area contributed by atoms with E-state index in [1.807, 2.05) is 0 Å². The molecule has 12 heavy (non-hydrogen) atoms. The van der Waals surface area contributed by atoms with Gasteiger partial charge in [-0.3, -0.25) is 0 Å². The van der Waals surface area contributed by atoms with Crippen molar-refractivity contribution < 1.29 is 0 Å². The number of fused-ring (bicyclic) bond motifs is 1. The first-order valence-electron chi connectivity index (χ1n) is 4.65. The number of hydrogen-bond acceptors (Lipinski definition) is 1. The molecule has 0 radical (unpaired) electrons. The first kappa shape index (κ1) is 7.66. The zero-order chi connectivity index (χ0) is 8.55. The molecule has 0 aromatic heterocycles. The molecule has 1 heterocycles. The number of hydrogen-bond donors (Lipinski definition) is 1. The second kappa shape index (κ2) is 2.81. The van der Waals surface area contributed by atoms with Crippen LogP contribution in [0.4, 0.5) is 5.69 Å². The van der Waals surface area contributed by atoms with Gasteiger partial charge in [-0.2, -0.15) is 0 Å². The molecule has 0 unspecified atom stereocenters. The van der Waals surface area contributed by atoms with Crippen LogP contribution < -0.4 is 5.32 Å². The summed E-state index contributed by atoms with van der Waals surface area (Å²) in [4.78, 5) is 0. The molecule has 1 aromatic carbocycles. The van der Waals surface area contributed by atoms with Crippen LogP contribution in [0.2, 0.25) is 0 Å². The summed E-state index contributed by atoms with van der Waals surface area (Å²) in [6.45, 7) is 5.53. The summed E-state index contributed by atoms with van der Waals surface area (Å²) in [5.41, 5.74) is 4.22. The largest absolute Gasteiger partial charge is 0.384 e. The van der Waals surface area contributed by atoms with Crippen LogP contribution >= 0.6 is 0 Å². The van der Waals surface area contributed by atoms with Gasteiger partial charge in [-0.25, -0.2) is 0 Å². The Morgan fingerprint density at radius 1 is 1.50 bits per heavy atom. The highest BCUT2D eigenvalue weighted by Gasteiger charge is 2.19. The molecule has 1 aliphatic rings. The van der Waals surface area contributed by atoms with E-state index < -0.39 is 0 Å². The second-order valence-corrected chi connectivity index (χ2v) is 3.58. The third kappa shape index (κ3) is 1.09. The fraction of sp³-hybridized carbons (Fsp3) is 0.455. The summed E-state index contributed by atoms with van der Waals surface area (Å²) in [6.07, 6.45) is 1.24. The molecular formula is C11H15N. The maximum Gasteiger partial charge on any atom is 0.0376 e. The lowest BCUT2D eigenvalue weighted by Gasteiger charge is -2.06. The van der Waals surface area contributed by atoms with Crippen LogP contribution in [0.3, 0.4) is 0 Å². The van der Waals surface area contributed by atoms with E-state index in [1.54, 1.807) is 0 Å². The van der Waals surface area contributed by atoms with E-state index in [9.17, 15) is 0 Å². The van der Waals surface area contributed by atoms with Crippen LogP contribution in [0, 0.1) is 6.92 Å². The van der Waals surface area contributed by atoms with Gasteiger partial charge < -0.3 is 5.32 Å². The van der Waals surface area contributed by atoms with Crippen LogP contribution in [-0.2, 0) is 0 Å². The van der Waals surface area contributed by atoms with Crippen molar-refractivity contribution in [2.24, 2.45) is 0 Å². The van der Waals surface area contributed by atoms with Crippen LogP contribution in [0.25, 0.3) is 0 Å². The molecule has 0 amide bonds. The standard InChI is InChI=1S/C11H15N/c1-3-9-7-12-11-5-4-8(2)6-10(9)11/h4-6,9,12H,3,7H2,1-2H3/t9-/m1/s1. The summed E-state index contributed by atoms with van der Waals surface area (Å²) < 4.78 is 0. The summed E-state index contributed by atoms with van der Waals surface area (Å²) in [5.74, 6) is 0.736. The Morgan fingerprint density at radius 2 is 2.33 bits per heavy atom. The van der Waals surface area contributed by atoms with Crippen molar-refractivity contribution in [1.29, 1.82) is 0 Å². The lowest BCUT2D eigenvalue weighted by molar-refractivity contribution is 0.727. The lowest BCUT2D eigenvalue weighted by Crippen LogP contribution is -1.99. The predicted molar refractivity (Wildman–Crippen MR) is 52.7 cm³/mol. The van der Waals surface area contributed by atoms with Gasteiger partial charge in [0.25, 0.3) is 0 Å². The molecule has 1 aliphatic heterocycles. The molecule has 2 rings (SSSR count). The minimum atomic E-state index is 0.736. The normalized spacial score (nSPS) is 20.3. The van der Waals surface area contributed by atoms with Crippen LogP contribution in [-0.4, -0.2) is 6.54 Å². The van der Waals surface area contributed by atoms with Crippen molar-refractivity contribution in [3.05, 3.63) is 29.3 Å². The number of anilines is 1. The molecule has 0 fully saturated rings. The number of benzene rings is 1. The Kier molecular flexibility index (Phi) is 1.80. The highest BCUT2D eigenvalue weighted by molar-refractivity contribution is 5.58. The van der Waals surface area contributed by atoms with Crippen LogP contribution in [0.15, 0.2) is 18.2 Å². The molecule has 1 heteroatoms. The average Bonchev–Trinajstić information content (AvgIpc) is 2.46. The summed E-state index contributed by atoms with van der Waals surface area (Å²) in [7, 11) is 0. The van der Waals surface area contributed by atoms with Gasteiger partial charge in [0.2, 0.25) is 0 Å². The first-order chi connectivity index (χ1) is 5.81. The van der Waals surface area contributed by atoms with E-state index in [0.717, 1.165) is 12.5 Å². The molecule has 0 bridgehead atoms. The van der Waals surface area contributed by atoms with E-state index in [0.29, 0.717) is 0 Å². The fourth-order valence-corrected chi connectivity index (χ4v) is 1.89. The molecular weight excluding hydrogens is 146 g/mol. The van der Waals surface area contributed by atoms with Gasteiger partial charge in [-0.1, -0.05) is 24.6 Å². The van der Waals surface area contributed by atoms with Crippen molar-refractivity contribution in [2.75, 3.05) is 11.9 Å². The lowest BCUT2D eigenvalue weighted by atomic mass is 9.97. The molecule has 0 saturated carbocycles. The van der Waals surface area contributed by atoms with Gasteiger partial charge in [-0.15, -0.1) is 0 Å². The van der Waals surface area contributed by atoms with Gasteiger partial charge in [0.05, 0.1) is 0 Å². The highest BCUT2D eigenvalue weighted by Crippen LogP contribution is 2.33. The molecule has 0 spiro atoms. The van der Waals surface area contributed by atoms with Crippen molar-refractivity contribution >= 4 is 5.69 Å². The van der Waals surface area contributed by atoms with E-state index >= 15 is 0 Å². The Hall–Kier alpha value is -0.980. The molecule has 1 nitrogen and oxygen atoms in total. The SMILES string of the molecule is CC[C@@H]1CNc2ccc(C)cc21. The zero-order valence-electron chi connectivity index (χ0n) is 7.72. The Bertz CT molecular complexity index is 291. The van der Waals surface area contributed by atoms with Gasteiger partial charge in [0.15, 0.2) is 0 Å². The number of nitrogens with one attached hydrogen (secondary N) is 1. The maximum absolute atomic E-state index is 3.43. The van der Waals surface area contributed by atoms with Gasteiger partial charge >= 0.3 is 0 Å². The molecule has 1 atom stereocenters. The average molecular weight is 161 g/mol. The summed E-state index contributed by atoms with van der Waals surface area (Å²) >= 11 is 0. The van der Waals surface area contributed by atoms with E-state index in [-0.39, 0.29) is 0 Å². The van der Waals surface area contributed by atoms with E-state index in [1.165, 1.54) is 23.2 Å². The fourth-order valence-electron chi connectivity index (χ4n) is 1.89. The summed E-state index contributed by atoms with van der Waals surface area (Å²) in [5, 5.41) is 3.43. The summed E-state index contributed by atoms with van der Waals surface area (Å²) in [6, 6.07) is 6.67. The topological polar surface area (TPSA) is 12.0 Å². The van der Waals surface area contributed by atoms with Crippen LogP contribution in [0.5, 0.6) is 0 Å². The van der Waals surface area contributed by atoms with Crippen molar-refractivity contribution in [3.8, 4) is 0 Å². The second-order valence-electron chi connectivity index (χ2n) is 3.58. The smallest absolute Gasteiger partial charge is 0.0376 e. The third-order valence-corrected chi connectivity index (χ3v) is 2.68. The molecule has 1 aromatic rings. The Morgan fingerprint density at radius 3 is 3.08 bits per heavy atom. The predicted octanol–water partition coefficient (Wildman–Crippen LogP) is 2.91. The number of aryl methyl sites for hydroxylation is 1. The monoisotopic (exact) mass is 161 g/mol. The number of rotatable bonds is 1. The van der Waals surface area contributed by atoms with E-state index in [4.69, 9.17) is 0 Å². The first-order valence-corrected chi connectivity index (χ1v) is 4.65. The minimum Gasteiger partial charge on any atom is -0.384 e. The maximum atomic E-state index is 3.43. The zero-order valence-corrected chi connectivity index (χ0v) is 7.72. The highest BCUT2D eigenvalue weighted by atomic mass is 14.9. The van der Waals surface area contributed by atoms with E-state index in [2.05, 4.69) is 37.4 Å². The quantitative estimate of drug-likeness (QED) is 0.667.